The lowest BCUT2D eigenvalue weighted by molar-refractivity contribution is 0.0922. The smallest absolute Gasteiger partial charge is 0.259 e. The Kier molecular flexibility index (Phi) is 3.25. The molecule has 0 aliphatic carbocycles. The van der Waals surface area contributed by atoms with Gasteiger partial charge in [-0.1, -0.05) is 48.5 Å². The van der Waals surface area contributed by atoms with Gasteiger partial charge in [0.05, 0.1) is 12.8 Å². The van der Waals surface area contributed by atoms with Gasteiger partial charge in [-0.15, -0.1) is 0 Å². The minimum absolute atomic E-state index is 0.00788. The third kappa shape index (κ3) is 1.98. The first-order valence-corrected chi connectivity index (χ1v) is 8.87. The summed E-state index contributed by atoms with van der Waals surface area (Å²) in [6.45, 7) is 0. The number of fused-ring (bicyclic) bond motifs is 5. The van der Waals surface area contributed by atoms with Crippen LogP contribution in [0, 0.1) is 0 Å². The monoisotopic (exact) mass is 355 g/mol. The molecule has 0 saturated carbocycles. The van der Waals surface area contributed by atoms with Crippen LogP contribution in [0.1, 0.15) is 38.3 Å². The number of nitrogens with zero attached hydrogens (tertiary/aromatic N) is 1. The van der Waals surface area contributed by atoms with Gasteiger partial charge in [0.15, 0.2) is 5.78 Å². The van der Waals surface area contributed by atoms with Crippen LogP contribution in [0.3, 0.4) is 0 Å². The van der Waals surface area contributed by atoms with Gasteiger partial charge in [0.1, 0.15) is 11.3 Å². The number of carbonyl (C=O) groups excluding carboxylic acids is 2. The molecule has 4 nitrogen and oxygen atoms in total. The van der Waals surface area contributed by atoms with Gasteiger partial charge < -0.3 is 4.74 Å². The molecule has 0 aromatic heterocycles. The van der Waals surface area contributed by atoms with Crippen molar-refractivity contribution in [1.82, 2.24) is 0 Å². The molecule has 2 aliphatic heterocycles. The van der Waals surface area contributed by atoms with Crippen LogP contribution in [0.4, 0.5) is 5.69 Å². The number of anilines is 1. The number of amides is 1. The lowest BCUT2D eigenvalue weighted by atomic mass is 9.75. The van der Waals surface area contributed by atoms with Crippen molar-refractivity contribution in [3.05, 3.63) is 95.1 Å². The second kappa shape index (κ2) is 5.55. The molecule has 4 heteroatoms. The van der Waals surface area contributed by atoms with Crippen molar-refractivity contribution in [2.45, 2.75) is 12.0 Å². The molecule has 0 radical (unpaired) electrons. The molecule has 0 bridgehead atoms. The van der Waals surface area contributed by atoms with Crippen LogP contribution in [0.15, 0.2) is 72.8 Å². The Morgan fingerprint density at radius 3 is 2.41 bits per heavy atom. The van der Waals surface area contributed by atoms with E-state index >= 15 is 0 Å². The highest BCUT2D eigenvalue weighted by Crippen LogP contribution is 2.53. The first-order chi connectivity index (χ1) is 13.2. The maximum absolute atomic E-state index is 13.4. The number of methoxy groups -OCH3 is 1. The molecular weight excluding hydrogens is 338 g/mol. The van der Waals surface area contributed by atoms with E-state index < -0.39 is 5.54 Å². The standard InChI is InChI=1S/C23H17NO3/c1-27-16-11-12-20-18(13-16)21(25)14-23(15-7-3-2-4-8-15)19-10-6-5-9-17(19)22(26)24(20)23/h2-13H,14H2,1H3. The Morgan fingerprint density at radius 2 is 1.63 bits per heavy atom. The van der Waals surface area contributed by atoms with E-state index in [2.05, 4.69) is 0 Å². The average Bonchev–Trinajstić information content (AvgIpc) is 2.98. The maximum atomic E-state index is 13.4. The molecule has 132 valence electrons. The highest BCUT2D eigenvalue weighted by Gasteiger charge is 2.55. The average molecular weight is 355 g/mol. The van der Waals surface area contributed by atoms with Gasteiger partial charge in [0.2, 0.25) is 0 Å². The first-order valence-electron chi connectivity index (χ1n) is 8.87. The summed E-state index contributed by atoms with van der Waals surface area (Å²) < 4.78 is 5.28. The lowest BCUT2D eigenvalue weighted by Gasteiger charge is -2.43. The largest absolute Gasteiger partial charge is 0.497 e. The number of Topliss-reactive ketones (excluding diaryl/α,β-unsaturated/α-hetero) is 1. The fourth-order valence-corrected chi connectivity index (χ4v) is 4.42. The third-order valence-corrected chi connectivity index (χ3v) is 5.60. The molecule has 3 aromatic carbocycles. The third-order valence-electron chi connectivity index (χ3n) is 5.60. The van der Waals surface area contributed by atoms with Crippen molar-refractivity contribution in [3.8, 4) is 5.75 Å². The van der Waals surface area contributed by atoms with Crippen molar-refractivity contribution >= 4 is 17.4 Å². The summed E-state index contributed by atoms with van der Waals surface area (Å²) in [5, 5.41) is 0. The Bertz CT molecular complexity index is 1090. The molecule has 3 aromatic rings. The van der Waals surface area contributed by atoms with E-state index in [0.717, 1.165) is 11.1 Å². The molecule has 5 rings (SSSR count). The zero-order chi connectivity index (χ0) is 18.6. The van der Waals surface area contributed by atoms with Crippen molar-refractivity contribution in [1.29, 1.82) is 0 Å². The Labute approximate surface area is 157 Å². The number of ketones is 1. The molecule has 2 aliphatic rings. The van der Waals surface area contributed by atoms with Crippen LogP contribution >= 0.6 is 0 Å². The van der Waals surface area contributed by atoms with E-state index in [-0.39, 0.29) is 18.1 Å². The zero-order valence-electron chi connectivity index (χ0n) is 14.8. The van der Waals surface area contributed by atoms with E-state index in [9.17, 15) is 9.59 Å². The summed E-state index contributed by atoms with van der Waals surface area (Å²) in [6, 6.07) is 22.7. The second-order valence-electron chi connectivity index (χ2n) is 6.90. The van der Waals surface area contributed by atoms with E-state index in [4.69, 9.17) is 4.74 Å². The van der Waals surface area contributed by atoms with E-state index in [0.29, 0.717) is 22.6 Å². The normalized spacial score (nSPS) is 20.1. The molecular formula is C23H17NO3. The van der Waals surface area contributed by atoms with E-state index in [1.165, 1.54) is 0 Å². The summed E-state index contributed by atoms with van der Waals surface area (Å²) in [5.74, 6) is 0.542. The van der Waals surface area contributed by atoms with Gasteiger partial charge in [-0.25, -0.2) is 0 Å². The van der Waals surface area contributed by atoms with Gasteiger partial charge in [-0.2, -0.15) is 0 Å². The fourth-order valence-electron chi connectivity index (χ4n) is 4.42. The summed E-state index contributed by atoms with van der Waals surface area (Å²) in [7, 11) is 1.57. The molecule has 2 heterocycles. The zero-order valence-corrected chi connectivity index (χ0v) is 14.8. The second-order valence-corrected chi connectivity index (χ2v) is 6.90. The lowest BCUT2D eigenvalue weighted by Crippen LogP contribution is -2.50. The van der Waals surface area contributed by atoms with Crippen LogP contribution < -0.4 is 9.64 Å². The predicted octanol–water partition coefficient (Wildman–Crippen LogP) is 4.19. The fraction of sp³-hybridized carbons (Fsp3) is 0.130. The first kappa shape index (κ1) is 15.8. The number of rotatable bonds is 2. The minimum Gasteiger partial charge on any atom is -0.497 e. The van der Waals surface area contributed by atoms with E-state index in [1.54, 1.807) is 24.1 Å². The van der Waals surface area contributed by atoms with Gasteiger partial charge in [-0.3, -0.25) is 14.5 Å². The molecule has 1 amide bonds. The number of carbonyl (C=O) groups is 2. The van der Waals surface area contributed by atoms with Crippen molar-refractivity contribution in [2.24, 2.45) is 0 Å². The van der Waals surface area contributed by atoms with Gasteiger partial charge in [0.25, 0.3) is 5.91 Å². The Balaban J connectivity index is 1.85. The van der Waals surface area contributed by atoms with Crippen LogP contribution in [0.2, 0.25) is 0 Å². The predicted molar refractivity (Wildman–Crippen MR) is 102 cm³/mol. The summed E-state index contributed by atoms with van der Waals surface area (Å²) in [6.07, 6.45) is 0.208. The number of benzene rings is 3. The minimum atomic E-state index is -0.812. The highest BCUT2D eigenvalue weighted by atomic mass is 16.5. The topological polar surface area (TPSA) is 46.6 Å². The SMILES string of the molecule is COc1ccc2c(c1)C(=O)CC1(c3ccccc3)c3ccccc3C(=O)N21. The van der Waals surface area contributed by atoms with Gasteiger partial charge >= 0.3 is 0 Å². The van der Waals surface area contributed by atoms with Crippen LogP contribution in [0.25, 0.3) is 0 Å². The summed E-state index contributed by atoms with van der Waals surface area (Å²) >= 11 is 0. The number of hydrogen-bond acceptors (Lipinski definition) is 3. The highest BCUT2D eigenvalue weighted by molar-refractivity contribution is 6.19. The van der Waals surface area contributed by atoms with Crippen LogP contribution in [-0.4, -0.2) is 18.8 Å². The molecule has 1 unspecified atom stereocenters. The van der Waals surface area contributed by atoms with Crippen LogP contribution in [0.5, 0.6) is 5.75 Å². The molecule has 1 atom stereocenters. The Hall–Kier alpha value is -3.40. The number of ether oxygens (including phenoxy) is 1. The van der Waals surface area contributed by atoms with Gasteiger partial charge in [-0.05, 0) is 35.4 Å². The molecule has 0 spiro atoms. The molecule has 0 fully saturated rings. The van der Waals surface area contributed by atoms with Gasteiger partial charge in [0, 0.05) is 17.5 Å². The van der Waals surface area contributed by atoms with E-state index in [1.807, 2.05) is 60.7 Å². The maximum Gasteiger partial charge on any atom is 0.259 e. The van der Waals surface area contributed by atoms with Crippen molar-refractivity contribution < 1.29 is 14.3 Å². The molecule has 0 saturated heterocycles. The molecule has 27 heavy (non-hydrogen) atoms. The van der Waals surface area contributed by atoms with Crippen molar-refractivity contribution in [2.75, 3.05) is 12.0 Å². The van der Waals surface area contributed by atoms with Crippen molar-refractivity contribution in [3.63, 3.8) is 0 Å². The van der Waals surface area contributed by atoms with Crippen LogP contribution in [-0.2, 0) is 5.54 Å². The number of hydrogen-bond donors (Lipinski definition) is 0. The quantitative estimate of drug-likeness (QED) is 0.693. The summed E-state index contributed by atoms with van der Waals surface area (Å²) in [4.78, 5) is 28.4. The Morgan fingerprint density at radius 1 is 0.889 bits per heavy atom. The molecule has 0 N–H and O–H groups in total. The summed E-state index contributed by atoms with van der Waals surface area (Å²) in [5.41, 5.74) is 2.83.